The minimum atomic E-state index is 0. The molecule has 1 aromatic carbocycles. The number of halogens is 1. The molecule has 0 radical (unpaired) electrons. The average molecular weight is 441 g/mol. The van der Waals surface area contributed by atoms with E-state index in [1.54, 1.807) is 0 Å². The summed E-state index contributed by atoms with van der Waals surface area (Å²) in [5.74, 6) is 0.897. The van der Waals surface area contributed by atoms with Gasteiger partial charge in [0.15, 0.2) is 5.96 Å². The maximum Gasteiger partial charge on any atom is 0.193 e. The molecule has 0 aliphatic carbocycles. The van der Waals surface area contributed by atoms with E-state index in [0.717, 1.165) is 32.0 Å². The van der Waals surface area contributed by atoms with Gasteiger partial charge in [-0.3, -0.25) is 9.67 Å². The summed E-state index contributed by atoms with van der Waals surface area (Å²) in [6.45, 7) is 6.69. The summed E-state index contributed by atoms with van der Waals surface area (Å²) in [7, 11) is 3.87. The van der Waals surface area contributed by atoms with Crippen LogP contribution in [0.1, 0.15) is 23.6 Å². The molecule has 0 fully saturated rings. The van der Waals surface area contributed by atoms with Crippen LogP contribution in [0.5, 0.6) is 0 Å². The van der Waals surface area contributed by atoms with Crippen LogP contribution in [0.25, 0.3) is 0 Å². The molecular formula is C18H28IN5. The Bertz CT molecular complexity index is 633. The van der Waals surface area contributed by atoms with Crippen LogP contribution in [0.2, 0.25) is 0 Å². The topological polar surface area (TPSA) is 45.5 Å². The highest BCUT2D eigenvalue weighted by molar-refractivity contribution is 14.0. The molecular weight excluding hydrogens is 413 g/mol. The Kier molecular flexibility index (Phi) is 8.81. The highest BCUT2D eigenvalue weighted by Crippen LogP contribution is 2.07. The smallest absolute Gasteiger partial charge is 0.193 e. The lowest BCUT2D eigenvalue weighted by Crippen LogP contribution is -2.39. The van der Waals surface area contributed by atoms with Crippen molar-refractivity contribution in [2.45, 2.75) is 33.4 Å². The Morgan fingerprint density at radius 1 is 1.25 bits per heavy atom. The van der Waals surface area contributed by atoms with Crippen LogP contribution in [-0.4, -0.2) is 41.3 Å². The van der Waals surface area contributed by atoms with Gasteiger partial charge in [-0.05, 0) is 30.0 Å². The molecule has 0 spiro atoms. The fourth-order valence-corrected chi connectivity index (χ4v) is 2.49. The number of aliphatic imine (C=N–C) groups is 1. The second-order valence-electron chi connectivity index (χ2n) is 5.78. The third-order valence-corrected chi connectivity index (χ3v) is 3.81. The Morgan fingerprint density at radius 3 is 2.46 bits per heavy atom. The minimum absolute atomic E-state index is 0. The van der Waals surface area contributed by atoms with Crippen LogP contribution in [0, 0.1) is 6.92 Å². The monoisotopic (exact) mass is 441 g/mol. The van der Waals surface area contributed by atoms with Crippen molar-refractivity contribution in [3.05, 3.63) is 53.3 Å². The summed E-state index contributed by atoms with van der Waals surface area (Å²) in [5, 5.41) is 7.68. The van der Waals surface area contributed by atoms with Crippen molar-refractivity contribution in [2.75, 3.05) is 20.6 Å². The Labute approximate surface area is 162 Å². The molecule has 2 aromatic rings. The van der Waals surface area contributed by atoms with Crippen molar-refractivity contribution in [3.8, 4) is 0 Å². The van der Waals surface area contributed by atoms with E-state index in [1.807, 2.05) is 31.0 Å². The predicted molar refractivity (Wildman–Crippen MR) is 111 cm³/mol. The molecule has 1 heterocycles. The largest absolute Gasteiger partial charge is 0.354 e. The van der Waals surface area contributed by atoms with Gasteiger partial charge >= 0.3 is 0 Å². The molecule has 0 aliphatic heterocycles. The molecule has 24 heavy (non-hydrogen) atoms. The SMILES string of the molecule is CCc1ccc(CN(C)C(=NC)NCCn2cc(C)cn2)cc1.I. The van der Waals surface area contributed by atoms with Crippen molar-refractivity contribution in [3.63, 3.8) is 0 Å². The summed E-state index contributed by atoms with van der Waals surface area (Å²) < 4.78 is 1.94. The maximum atomic E-state index is 4.36. The van der Waals surface area contributed by atoms with E-state index in [0.29, 0.717) is 0 Å². The standard InChI is InChI=1S/C18H27N5.HI/c1-5-16-6-8-17(9-7-16)14-22(4)18(19-3)20-10-11-23-13-15(2)12-21-23;/h6-9,12-13H,5,10-11,14H2,1-4H3,(H,19,20);1H. The highest BCUT2D eigenvalue weighted by atomic mass is 127. The number of hydrogen-bond acceptors (Lipinski definition) is 2. The fraction of sp³-hybridized carbons (Fsp3) is 0.444. The molecule has 6 heteroatoms. The zero-order valence-corrected chi connectivity index (χ0v) is 17.3. The number of aryl methyl sites for hydroxylation is 2. The first kappa shape index (κ1) is 20.5. The van der Waals surface area contributed by atoms with E-state index in [4.69, 9.17) is 0 Å². The number of guanidine groups is 1. The lowest BCUT2D eigenvalue weighted by atomic mass is 10.1. The van der Waals surface area contributed by atoms with Crippen LogP contribution in [0.4, 0.5) is 0 Å². The third-order valence-electron chi connectivity index (χ3n) is 3.81. The molecule has 5 nitrogen and oxygen atoms in total. The number of aromatic nitrogens is 2. The van der Waals surface area contributed by atoms with Crippen LogP contribution >= 0.6 is 24.0 Å². The Morgan fingerprint density at radius 2 is 1.92 bits per heavy atom. The summed E-state index contributed by atoms with van der Waals surface area (Å²) in [6.07, 6.45) is 5.00. The first-order chi connectivity index (χ1) is 11.1. The number of nitrogens with zero attached hydrogens (tertiary/aromatic N) is 4. The van der Waals surface area contributed by atoms with Gasteiger partial charge < -0.3 is 10.2 Å². The second kappa shape index (κ2) is 10.3. The predicted octanol–water partition coefficient (Wildman–Crippen LogP) is 3.08. The van der Waals surface area contributed by atoms with E-state index in [9.17, 15) is 0 Å². The van der Waals surface area contributed by atoms with Gasteiger partial charge in [-0.1, -0.05) is 31.2 Å². The van der Waals surface area contributed by atoms with E-state index in [2.05, 4.69) is 58.5 Å². The third kappa shape index (κ3) is 6.14. The molecule has 2 rings (SSSR count). The van der Waals surface area contributed by atoms with Gasteiger partial charge in [0.2, 0.25) is 0 Å². The molecule has 0 bridgehead atoms. The van der Waals surface area contributed by atoms with Gasteiger partial charge in [-0.15, -0.1) is 24.0 Å². The minimum Gasteiger partial charge on any atom is -0.354 e. The van der Waals surface area contributed by atoms with Crippen molar-refractivity contribution < 1.29 is 0 Å². The lowest BCUT2D eigenvalue weighted by Gasteiger charge is -2.22. The molecule has 132 valence electrons. The summed E-state index contributed by atoms with van der Waals surface area (Å²) in [4.78, 5) is 6.49. The van der Waals surface area contributed by atoms with E-state index in [-0.39, 0.29) is 24.0 Å². The molecule has 0 atom stereocenters. The molecule has 0 saturated carbocycles. The molecule has 1 aromatic heterocycles. The van der Waals surface area contributed by atoms with E-state index < -0.39 is 0 Å². The van der Waals surface area contributed by atoms with Gasteiger partial charge in [0.25, 0.3) is 0 Å². The van der Waals surface area contributed by atoms with Crippen molar-refractivity contribution in [1.29, 1.82) is 0 Å². The fourth-order valence-electron chi connectivity index (χ4n) is 2.49. The second-order valence-corrected chi connectivity index (χ2v) is 5.78. The number of rotatable bonds is 6. The van der Waals surface area contributed by atoms with Crippen LogP contribution < -0.4 is 5.32 Å². The van der Waals surface area contributed by atoms with Gasteiger partial charge in [0.1, 0.15) is 0 Å². The van der Waals surface area contributed by atoms with Gasteiger partial charge in [0.05, 0.1) is 12.7 Å². The summed E-state index contributed by atoms with van der Waals surface area (Å²) in [6, 6.07) is 8.77. The first-order valence-corrected chi connectivity index (χ1v) is 8.11. The Balaban J connectivity index is 0.00000288. The van der Waals surface area contributed by atoms with Crippen molar-refractivity contribution in [2.24, 2.45) is 4.99 Å². The molecule has 1 N–H and O–H groups in total. The van der Waals surface area contributed by atoms with Crippen LogP contribution in [-0.2, 0) is 19.5 Å². The molecule has 0 unspecified atom stereocenters. The first-order valence-electron chi connectivity index (χ1n) is 8.11. The normalized spacial score (nSPS) is 11.1. The van der Waals surface area contributed by atoms with Gasteiger partial charge in [-0.2, -0.15) is 5.10 Å². The van der Waals surface area contributed by atoms with Gasteiger partial charge in [-0.25, -0.2) is 0 Å². The molecule has 0 aliphatic rings. The molecule has 0 saturated heterocycles. The zero-order chi connectivity index (χ0) is 16.7. The number of hydrogen-bond donors (Lipinski definition) is 1. The quantitative estimate of drug-likeness (QED) is 0.426. The maximum absolute atomic E-state index is 4.36. The van der Waals surface area contributed by atoms with Crippen LogP contribution in [0.3, 0.4) is 0 Å². The van der Waals surface area contributed by atoms with Gasteiger partial charge in [0, 0.05) is 33.4 Å². The molecule has 0 amide bonds. The van der Waals surface area contributed by atoms with E-state index in [1.165, 1.54) is 16.7 Å². The summed E-state index contributed by atoms with van der Waals surface area (Å²) >= 11 is 0. The lowest BCUT2D eigenvalue weighted by molar-refractivity contribution is 0.470. The van der Waals surface area contributed by atoms with Crippen molar-refractivity contribution in [1.82, 2.24) is 20.0 Å². The highest BCUT2D eigenvalue weighted by Gasteiger charge is 2.06. The number of benzene rings is 1. The van der Waals surface area contributed by atoms with Crippen LogP contribution in [0.15, 0.2) is 41.7 Å². The summed E-state index contributed by atoms with van der Waals surface area (Å²) in [5.41, 5.74) is 3.84. The zero-order valence-electron chi connectivity index (χ0n) is 15.0. The van der Waals surface area contributed by atoms with Crippen molar-refractivity contribution >= 4 is 29.9 Å². The number of nitrogens with one attached hydrogen (secondary N) is 1. The average Bonchev–Trinajstić information content (AvgIpc) is 2.97. The van der Waals surface area contributed by atoms with E-state index >= 15 is 0 Å². The Hall–Kier alpha value is -1.57.